The molecule has 7 heteroatoms. The van der Waals surface area contributed by atoms with Gasteiger partial charge >= 0.3 is 6.03 Å². The number of hydrogen-bond donors (Lipinski definition) is 3. The van der Waals surface area contributed by atoms with E-state index in [1.807, 2.05) is 39.0 Å². The molecule has 0 radical (unpaired) electrons. The van der Waals surface area contributed by atoms with E-state index in [1.165, 1.54) is 12.8 Å². The first-order chi connectivity index (χ1) is 11.8. The molecule has 0 aromatic carbocycles. The molecule has 2 aromatic rings. The fourth-order valence-electron chi connectivity index (χ4n) is 2.28. The summed E-state index contributed by atoms with van der Waals surface area (Å²) in [6.45, 7) is 8.84. The molecular weight excluding hydrogens is 382 g/mol. The average Bonchev–Trinajstić information content (AvgIpc) is 2.50. The summed E-state index contributed by atoms with van der Waals surface area (Å²) in [5.74, 6) is 1.24. The van der Waals surface area contributed by atoms with E-state index in [4.69, 9.17) is 0 Å². The van der Waals surface area contributed by atoms with Crippen molar-refractivity contribution in [2.45, 2.75) is 52.5 Å². The quantitative estimate of drug-likeness (QED) is 0.593. The van der Waals surface area contributed by atoms with E-state index < -0.39 is 0 Å². The van der Waals surface area contributed by atoms with E-state index in [0.29, 0.717) is 11.5 Å². The van der Waals surface area contributed by atoms with Crippen LogP contribution in [0, 0.1) is 0 Å². The van der Waals surface area contributed by atoms with Crippen molar-refractivity contribution >= 4 is 44.6 Å². The molecule has 0 aliphatic carbocycles. The van der Waals surface area contributed by atoms with Crippen LogP contribution in [0.15, 0.2) is 22.7 Å². The number of hydrogen-bond acceptors (Lipinski definition) is 4. The Bertz CT molecular complexity index is 742. The first-order valence-corrected chi connectivity index (χ1v) is 9.38. The smallest absolute Gasteiger partial charge is 0.320 e. The molecule has 0 fully saturated rings. The maximum Gasteiger partial charge on any atom is 0.320 e. The lowest BCUT2D eigenvalue weighted by molar-refractivity contribution is 0.243. The molecule has 0 aliphatic heterocycles. The molecule has 25 heavy (non-hydrogen) atoms. The van der Waals surface area contributed by atoms with Gasteiger partial charge in [-0.1, -0.05) is 19.8 Å². The average molecular weight is 408 g/mol. The predicted molar refractivity (Wildman–Crippen MR) is 107 cm³/mol. The molecular formula is C18H26BrN5O. The van der Waals surface area contributed by atoms with Crippen LogP contribution in [-0.4, -0.2) is 28.1 Å². The van der Waals surface area contributed by atoms with E-state index in [0.717, 1.165) is 28.6 Å². The fourth-order valence-corrected chi connectivity index (χ4v) is 2.72. The normalized spacial score (nSPS) is 11.4. The van der Waals surface area contributed by atoms with E-state index in [-0.39, 0.29) is 11.6 Å². The van der Waals surface area contributed by atoms with Crippen LogP contribution >= 0.6 is 15.9 Å². The van der Waals surface area contributed by atoms with Gasteiger partial charge in [0.15, 0.2) is 11.5 Å². The summed E-state index contributed by atoms with van der Waals surface area (Å²) in [4.78, 5) is 21.1. The van der Waals surface area contributed by atoms with Crippen LogP contribution in [0.1, 0.15) is 47.0 Å². The summed E-state index contributed by atoms with van der Waals surface area (Å²) in [5.41, 5.74) is 0.274. The van der Waals surface area contributed by atoms with Gasteiger partial charge in [-0.15, -0.1) is 0 Å². The molecule has 0 saturated carbocycles. The van der Waals surface area contributed by atoms with E-state index in [1.54, 1.807) is 0 Å². The van der Waals surface area contributed by atoms with Gasteiger partial charge in [-0.3, -0.25) is 5.32 Å². The number of aromatic nitrogens is 2. The third-order valence-electron chi connectivity index (χ3n) is 3.44. The van der Waals surface area contributed by atoms with Gasteiger partial charge in [0.1, 0.15) is 5.82 Å². The monoisotopic (exact) mass is 407 g/mol. The fraction of sp³-hybridized carbons (Fsp3) is 0.500. The second kappa shape index (κ2) is 8.47. The highest BCUT2D eigenvalue weighted by molar-refractivity contribution is 9.10. The van der Waals surface area contributed by atoms with Gasteiger partial charge in [-0.25, -0.2) is 14.8 Å². The molecule has 0 saturated heterocycles. The predicted octanol–water partition coefficient (Wildman–Crippen LogP) is 4.91. The Hall–Kier alpha value is -1.89. The van der Waals surface area contributed by atoms with E-state index >= 15 is 0 Å². The Kier molecular flexibility index (Phi) is 6.58. The maximum absolute atomic E-state index is 12.1. The van der Waals surface area contributed by atoms with Crippen molar-refractivity contribution in [3.8, 4) is 0 Å². The van der Waals surface area contributed by atoms with Gasteiger partial charge in [-0.2, -0.15) is 0 Å². The van der Waals surface area contributed by atoms with Gasteiger partial charge < -0.3 is 10.6 Å². The third-order valence-corrected chi connectivity index (χ3v) is 4.04. The largest absolute Gasteiger partial charge is 0.370 e. The van der Waals surface area contributed by atoms with Crippen molar-refractivity contribution < 1.29 is 4.79 Å². The molecule has 0 atom stereocenters. The topological polar surface area (TPSA) is 78.9 Å². The Morgan fingerprint density at radius 2 is 1.96 bits per heavy atom. The summed E-state index contributed by atoms with van der Waals surface area (Å²) < 4.78 is 0.717. The number of halogens is 1. The number of unbranched alkanes of at least 4 members (excludes halogenated alkanes) is 2. The van der Waals surface area contributed by atoms with Crippen molar-refractivity contribution in [3.05, 3.63) is 22.7 Å². The number of fused-ring (bicyclic) bond motifs is 1. The van der Waals surface area contributed by atoms with Crippen LogP contribution in [-0.2, 0) is 0 Å². The van der Waals surface area contributed by atoms with Crippen LogP contribution in [0.2, 0.25) is 0 Å². The molecule has 0 spiro atoms. The minimum Gasteiger partial charge on any atom is -0.370 e. The SMILES string of the molecule is CCCCCNc1ccc2cc(Br)c(NC(=O)NC(C)(C)C)nc2n1. The van der Waals surface area contributed by atoms with Crippen molar-refractivity contribution in [1.29, 1.82) is 0 Å². The van der Waals surface area contributed by atoms with Crippen LogP contribution in [0.5, 0.6) is 0 Å². The van der Waals surface area contributed by atoms with Crippen LogP contribution in [0.4, 0.5) is 16.4 Å². The van der Waals surface area contributed by atoms with Crippen molar-refractivity contribution in [3.63, 3.8) is 0 Å². The second-order valence-corrected chi connectivity index (χ2v) is 7.88. The summed E-state index contributed by atoms with van der Waals surface area (Å²) in [6, 6.07) is 5.53. The van der Waals surface area contributed by atoms with Crippen LogP contribution < -0.4 is 16.0 Å². The van der Waals surface area contributed by atoms with Crippen LogP contribution in [0.25, 0.3) is 11.0 Å². The number of nitrogens with zero attached hydrogens (tertiary/aromatic N) is 2. The Morgan fingerprint density at radius 1 is 1.20 bits per heavy atom. The molecule has 0 bridgehead atoms. The van der Waals surface area contributed by atoms with Crippen molar-refractivity contribution in [2.24, 2.45) is 0 Å². The van der Waals surface area contributed by atoms with Crippen LogP contribution in [0.3, 0.4) is 0 Å². The first kappa shape index (κ1) is 19.4. The summed E-state index contributed by atoms with van der Waals surface area (Å²) in [6.07, 6.45) is 3.50. The van der Waals surface area contributed by atoms with Gasteiger partial charge in [0, 0.05) is 17.5 Å². The Balaban J connectivity index is 2.15. The van der Waals surface area contributed by atoms with Gasteiger partial charge in [-0.05, 0) is 61.3 Å². The lowest BCUT2D eigenvalue weighted by atomic mass is 10.1. The number of anilines is 2. The molecule has 2 amide bonds. The number of urea groups is 1. The van der Waals surface area contributed by atoms with Crippen molar-refractivity contribution in [1.82, 2.24) is 15.3 Å². The first-order valence-electron chi connectivity index (χ1n) is 8.59. The highest BCUT2D eigenvalue weighted by Crippen LogP contribution is 2.25. The van der Waals surface area contributed by atoms with Gasteiger partial charge in [0.2, 0.25) is 0 Å². The summed E-state index contributed by atoms with van der Waals surface area (Å²) in [5, 5.41) is 9.85. The molecule has 0 unspecified atom stereocenters. The number of nitrogens with one attached hydrogen (secondary N) is 3. The Morgan fingerprint density at radius 3 is 2.64 bits per heavy atom. The minimum absolute atomic E-state index is 0.297. The second-order valence-electron chi connectivity index (χ2n) is 7.03. The number of rotatable bonds is 6. The molecule has 2 aromatic heterocycles. The standard InChI is InChI=1S/C18H26BrN5O/c1-5-6-7-10-20-14-9-8-12-11-13(19)16(22-15(12)21-14)23-17(25)24-18(2,3)4/h8-9,11H,5-7,10H2,1-4H3,(H3,20,21,22,23,24,25). The molecule has 136 valence electrons. The number of carbonyl (C=O) groups is 1. The van der Waals surface area contributed by atoms with E-state index in [2.05, 4.69) is 48.8 Å². The lowest BCUT2D eigenvalue weighted by Crippen LogP contribution is -2.43. The summed E-state index contributed by atoms with van der Waals surface area (Å²) in [7, 11) is 0. The number of pyridine rings is 2. The molecule has 2 heterocycles. The van der Waals surface area contributed by atoms with Gasteiger partial charge in [0.25, 0.3) is 0 Å². The zero-order valence-electron chi connectivity index (χ0n) is 15.2. The number of amides is 2. The third kappa shape index (κ3) is 6.16. The molecule has 3 N–H and O–H groups in total. The zero-order chi connectivity index (χ0) is 18.4. The molecule has 2 rings (SSSR count). The zero-order valence-corrected chi connectivity index (χ0v) is 16.8. The maximum atomic E-state index is 12.1. The minimum atomic E-state index is -0.318. The highest BCUT2D eigenvalue weighted by atomic mass is 79.9. The lowest BCUT2D eigenvalue weighted by Gasteiger charge is -2.20. The Labute approximate surface area is 157 Å². The molecule has 6 nitrogen and oxygen atoms in total. The van der Waals surface area contributed by atoms with Gasteiger partial charge in [0.05, 0.1) is 4.47 Å². The van der Waals surface area contributed by atoms with Crippen molar-refractivity contribution in [2.75, 3.05) is 17.2 Å². The molecule has 0 aliphatic rings. The number of carbonyl (C=O) groups excluding carboxylic acids is 1. The summed E-state index contributed by atoms with van der Waals surface area (Å²) >= 11 is 3.45. The highest BCUT2D eigenvalue weighted by Gasteiger charge is 2.15. The van der Waals surface area contributed by atoms with E-state index in [9.17, 15) is 4.79 Å².